The van der Waals surface area contributed by atoms with Crippen LogP contribution in [0.3, 0.4) is 0 Å². The van der Waals surface area contributed by atoms with Gasteiger partial charge in [-0.3, -0.25) is 14.5 Å². The molecule has 1 aromatic rings. The second-order valence-electron chi connectivity index (χ2n) is 8.58. The lowest BCUT2D eigenvalue weighted by Crippen LogP contribution is -2.48. The molecule has 2 heterocycles. The Kier molecular flexibility index (Phi) is 7.56. The molecule has 2 amide bonds. The molecule has 1 aromatic carbocycles. The highest BCUT2D eigenvalue weighted by molar-refractivity contribution is 5.94. The van der Waals surface area contributed by atoms with Crippen LogP contribution in [-0.2, 0) is 11.0 Å². The van der Waals surface area contributed by atoms with Gasteiger partial charge in [0.1, 0.15) is 5.82 Å². The van der Waals surface area contributed by atoms with E-state index >= 15 is 0 Å². The van der Waals surface area contributed by atoms with Crippen molar-refractivity contribution in [2.24, 2.45) is 5.92 Å². The minimum Gasteiger partial charge on any atom is -0.352 e. The van der Waals surface area contributed by atoms with Crippen molar-refractivity contribution >= 4 is 11.8 Å². The molecule has 172 valence electrons. The number of hydrogen-bond acceptors (Lipinski definition) is 3. The summed E-state index contributed by atoms with van der Waals surface area (Å²) in [5, 5.41) is 2.61. The molecule has 0 aliphatic carbocycles. The van der Waals surface area contributed by atoms with Gasteiger partial charge in [0, 0.05) is 31.2 Å². The maximum atomic E-state index is 13.5. The predicted molar refractivity (Wildman–Crippen MR) is 108 cm³/mol. The maximum absolute atomic E-state index is 13.5. The van der Waals surface area contributed by atoms with Gasteiger partial charge >= 0.3 is 6.18 Å². The molecule has 0 bridgehead atoms. The van der Waals surface area contributed by atoms with Gasteiger partial charge in [-0.2, -0.15) is 13.2 Å². The molecule has 0 radical (unpaired) electrons. The third-order valence-corrected chi connectivity index (χ3v) is 6.28. The fraction of sp³-hybridized carbons (Fsp3) is 0.636. The Morgan fingerprint density at radius 3 is 2.42 bits per heavy atom. The topological polar surface area (TPSA) is 52.7 Å². The number of carbonyl (C=O) groups excluding carboxylic acids is 2. The predicted octanol–water partition coefficient (Wildman–Crippen LogP) is 3.69. The van der Waals surface area contributed by atoms with Crippen molar-refractivity contribution in [1.82, 2.24) is 15.1 Å². The molecule has 5 nitrogen and oxygen atoms in total. The number of piperidine rings is 2. The van der Waals surface area contributed by atoms with Crippen LogP contribution in [0.4, 0.5) is 17.6 Å². The van der Waals surface area contributed by atoms with E-state index in [4.69, 9.17) is 0 Å². The fourth-order valence-corrected chi connectivity index (χ4v) is 4.28. The number of nitrogens with zero attached hydrogens (tertiary/aromatic N) is 2. The van der Waals surface area contributed by atoms with Crippen LogP contribution < -0.4 is 5.32 Å². The van der Waals surface area contributed by atoms with Crippen LogP contribution in [0.25, 0.3) is 0 Å². The Hall–Kier alpha value is -2.16. The van der Waals surface area contributed by atoms with Gasteiger partial charge in [0.05, 0.1) is 12.1 Å². The van der Waals surface area contributed by atoms with Crippen molar-refractivity contribution in [3.63, 3.8) is 0 Å². The molecular weight excluding hydrogens is 414 g/mol. The number of halogens is 4. The first-order valence-corrected chi connectivity index (χ1v) is 10.8. The zero-order valence-corrected chi connectivity index (χ0v) is 17.7. The van der Waals surface area contributed by atoms with E-state index in [1.165, 1.54) is 6.42 Å². The Balaban J connectivity index is 1.45. The van der Waals surface area contributed by atoms with Crippen LogP contribution >= 0.6 is 0 Å². The Labute approximate surface area is 179 Å². The van der Waals surface area contributed by atoms with Crippen LogP contribution in [0.1, 0.15) is 54.9 Å². The zero-order valence-electron chi connectivity index (χ0n) is 17.7. The summed E-state index contributed by atoms with van der Waals surface area (Å²) >= 11 is 0. The number of carbonyl (C=O) groups is 2. The summed E-state index contributed by atoms with van der Waals surface area (Å²) in [4.78, 5) is 28.9. The Morgan fingerprint density at radius 1 is 1.06 bits per heavy atom. The molecule has 1 N–H and O–H groups in total. The first kappa shape index (κ1) is 23.5. The minimum absolute atomic E-state index is 0.121. The van der Waals surface area contributed by atoms with Crippen LogP contribution in [0.2, 0.25) is 0 Å². The summed E-state index contributed by atoms with van der Waals surface area (Å²) in [7, 11) is 0. The van der Waals surface area contributed by atoms with Crippen molar-refractivity contribution < 1.29 is 27.2 Å². The number of hydrogen-bond donors (Lipinski definition) is 1. The first-order chi connectivity index (χ1) is 14.6. The van der Waals surface area contributed by atoms with E-state index < -0.39 is 23.5 Å². The number of likely N-dealkylation sites (tertiary alicyclic amines) is 2. The summed E-state index contributed by atoms with van der Waals surface area (Å²) < 4.78 is 52.0. The van der Waals surface area contributed by atoms with Gasteiger partial charge < -0.3 is 10.2 Å². The van der Waals surface area contributed by atoms with E-state index in [0.29, 0.717) is 50.7 Å². The minimum atomic E-state index is -4.72. The molecule has 1 unspecified atom stereocenters. The molecule has 0 spiro atoms. The SMILES string of the molecule is CC1CCCCN1CC(=O)N1CCC(CNC(=O)c2cc(F)cc(C(F)(F)F)c2)CC1. The normalized spacial score (nSPS) is 21.2. The molecule has 31 heavy (non-hydrogen) atoms. The molecular formula is C22H29F4N3O2. The quantitative estimate of drug-likeness (QED) is 0.707. The Bertz CT molecular complexity index is 791. The van der Waals surface area contributed by atoms with E-state index in [2.05, 4.69) is 17.1 Å². The lowest BCUT2D eigenvalue weighted by Gasteiger charge is -2.37. The Morgan fingerprint density at radius 2 is 1.77 bits per heavy atom. The third-order valence-electron chi connectivity index (χ3n) is 6.28. The van der Waals surface area contributed by atoms with E-state index in [-0.39, 0.29) is 23.9 Å². The largest absolute Gasteiger partial charge is 0.416 e. The zero-order chi connectivity index (χ0) is 22.6. The monoisotopic (exact) mass is 443 g/mol. The van der Waals surface area contributed by atoms with E-state index in [0.717, 1.165) is 25.5 Å². The van der Waals surface area contributed by atoms with Crippen molar-refractivity contribution in [2.75, 3.05) is 32.7 Å². The van der Waals surface area contributed by atoms with E-state index in [1.54, 1.807) is 0 Å². The molecule has 1 atom stereocenters. The summed E-state index contributed by atoms with van der Waals surface area (Å²) in [6.45, 7) is 5.01. The van der Waals surface area contributed by atoms with Crippen molar-refractivity contribution in [3.05, 3.63) is 35.1 Å². The molecule has 9 heteroatoms. The van der Waals surface area contributed by atoms with E-state index in [9.17, 15) is 27.2 Å². The maximum Gasteiger partial charge on any atom is 0.416 e. The van der Waals surface area contributed by atoms with Crippen LogP contribution in [0.5, 0.6) is 0 Å². The smallest absolute Gasteiger partial charge is 0.352 e. The van der Waals surface area contributed by atoms with E-state index in [1.807, 2.05) is 4.90 Å². The molecule has 3 rings (SSSR count). The number of amides is 2. The number of nitrogens with one attached hydrogen (secondary N) is 1. The molecule has 2 saturated heterocycles. The van der Waals surface area contributed by atoms with Crippen LogP contribution in [0.15, 0.2) is 18.2 Å². The van der Waals surface area contributed by atoms with Gasteiger partial charge in [0.25, 0.3) is 5.91 Å². The number of alkyl halides is 3. The lowest BCUT2D eigenvalue weighted by atomic mass is 9.96. The highest BCUT2D eigenvalue weighted by atomic mass is 19.4. The standard InChI is InChI=1S/C22H29F4N3O2/c1-15-4-2-3-7-29(15)14-20(30)28-8-5-16(6-9-28)13-27-21(31)17-10-18(22(24,25)26)12-19(23)11-17/h10-12,15-16H,2-9,13-14H2,1H3,(H,27,31). The van der Waals surface area contributed by atoms with Crippen molar-refractivity contribution in [3.8, 4) is 0 Å². The average Bonchev–Trinajstić information content (AvgIpc) is 2.73. The van der Waals surface area contributed by atoms with Crippen molar-refractivity contribution in [1.29, 1.82) is 0 Å². The molecule has 0 aromatic heterocycles. The van der Waals surface area contributed by atoms with Crippen LogP contribution in [0, 0.1) is 11.7 Å². The lowest BCUT2D eigenvalue weighted by molar-refractivity contribution is -0.138. The molecule has 2 fully saturated rings. The van der Waals surface area contributed by atoms with Gasteiger partial charge in [0.2, 0.25) is 5.91 Å². The second kappa shape index (κ2) is 9.97. The first-order valence-electron chi connectivity index (χ1n) is 10.8. The average molecular weight is 443 g/mol. The highest BCUT2D eigenvalue weighted by Gasteiger charge is 2.32. The third kappa shape index (κ3) is 6.41. The summed E-state index contributed by atoms with van der Waals surface area (Å²) in [6.07, 6.45) is 0.135. The summed E-state index contributed by atoms with van der Waals surface area (Å²) in [5.41, 5.74) is -1.54. The molecule has 0 saturated carbocycles. The van der Waals surface area contributed by atoms with Gasteiger partial charge in [0.15, 0.2) is 0 Å². The van der Waals surface area contributed by atoms with Gasteiger partial charge in [-0.15, -0.1) is 0 Å². The van der Waals surface area contributed by atoms with Crippen LogP contribution in [-0.4, -0.2) is 60.4 Å². The highest BCUT2D eigenvalue weighted by Crippen LogP contribution is 2.30. The fourth-order valence-electron chi connectivity index (χ4n) is 4.28. The summed E-state index contributed by atoms with van der Waals surface area (Å²) in [6, 6.07) is 2.24. The molecule has 2 aliphatic rings. The van der Waals surface area contributed by atoms with Crippen molar-refractivity contribution in [2.45, 2.75) is 51.2 Å². The van der Waals surface area contributed by atoms with Gasteiger partial charge in [-0.1, -0.05) is 6.42 Å². The number of benzene rings is 1. The number of rotatable bonds is 5. The second-order valence-corrected chi connectivity index (χ2v) is 8.58. The summed E-state index contributed by atoms with van der Waals surface area (Å²) in [5.74, 6) is -1.59. The molecule has 2 aliphatic heterocycles. The van der Waals surface area contributed by atoms with Gasteiger partial charge in [-0.25, -0.2) is 4.39 Å². The van der Waals surface area contributed by atoms with Gasteiger partial charge in [-0.05, 0) is 63.3 Å².